The van der Waals surface area contributed by atoms with Crippen molar-refractivity contribution < 1.29 is 9.53 Å². The lowest BCUT2D eigenvalue weighted by atomic mass is 10.2. The molecular weight excluding hydrogens is 170 g/mol. The third-order valence-electron chi connectivity index (χ3n) is 2.41. The van der Waals surface area contributed by atoms with E-state index in [2.05, 4.69) is 27.1 Å². The van der Waals surface area contributed by atoms with Crippen molar-refractivity contribution in [1.82, 2.24) is 15.4 Å². The van der Waals surface area contributed by atoms with E-state index in [-0.39, 0.29) is 0 Å². The Labute approximate surface area is 75.5 Å². The molecule has 2 atom stereocenters. The van der Waals surface area contributed by atoms with Gasteiger partial charge in [0.25, 0.3) is 0 Å². The van der Waals surface area contributed by atoms with Crippen LogP contribution in [0.1, 0.15) is 35.4 Å². The van der Waals surface area contributed by atoms with Gasteiger partial charge in [0, 0.05) is 5.92 Å². The summed E-state index contributed by atoms with van der Waals surface area (Å²) in [5.74, 6) is 0.573. The van der Waals surface area contributed by atoms with Crippen molar-refractivity contribution in [2.75, 3.05) is 7.11 Å². The second-order valence-corrected chi connectivity index (χ2v) is 3.37. The van der Waals surface area contributed by atoms with Crippen LogP contribution in [0, 0.1) is 5.92 Å². The number of nitrogens with one attached hydrogen (secondary N) is 1. The highest BCUT2D eigenvalue weighted by atomic mass is 16.5. The number of aromatic nitrogens is 3. The monoisotopic (exact) mass is 181 g/mol. The van der Waals surface area contributed by atoms with E-state index >= 15 is 0 Å². The molecule has 0 aromatic carbocycles. The Morgan fingerprint density at radius 1 is 1.62 bits per heavy atom. The van der Waals surface area contributed by atoms with Crippen LogP contribution in [0.25, 0.3) is 0 Å². The largest absolute Gasteiger partial charge is 0.464 e. The van der Waals surface area contributed by atoms with Crippen molar-refractivity contribution in [3.05, 3.63) is 11.4 Å². The van der Waals surface area contributed by atoms with Crippen LogP contribution in [0.5, 0.6) is 0 Å². The summed E-state index contributed by atoms with van der Waals surface area (Å²) in [5, 5.41) is 10.2. The number of esters is 1. The Hall–Kier alpha value is -1.39. The molecule has 2 unspecified atom stereocenters. The summed E-state index contributed by atoms with van der Waals surface area (Å²) in [5.41, 5.74) is 1.08. The molecule has 70 valence electrons. The van der Waals surface area contributed by atoms with Crippen molar-refractivity contribution in [1.29, 1.82) is 0 Å². The Bertz CT molecular complexity index is 334. The minimum absolute atomic E-state index is 0.330. The van der Waals surface area contributed by atoms with Gasteiger partial charge >= 0.3 is 5.97 Å². The number of aromatic amines is 1. The zero-order valence-electron chi connectivity index (χ0n) is 7.57. The van der Waals surface area contributed by atoms with Gasteiger partial charge in [-0.1, -0.05) is 6.92 Å². The molecule has 0 saturated heterocycles. The fraction of sp³-hybridized carbons (Fsp3) is 0.625. The van der Waals surface area contributed by atoms with E-state index < -0.39 is 5.97 Å². The number of hydrogen-bond acceptors (Lipinski definition) is 4. The molecule has 1 aliphatic carbocycles. The van der Waals surface area contributed by atoms with Crippen LogP contribution in [0.4, 0.5) is 0 Å². The fourth-order valence-corrected chi connectivity index (χ4v) is 1.45. The van der Waals surface area contributed by atoms with Crippen LogP contribution < -0.4 is 0 Å². The predicted molar refractivity (Wildman–Crippen MR) is 44.2 cm³/mol. The molecule has 5 nitrogen and oxygen atoms in total. The lowest BCUT2D eigenvalue weighted by molar-refractivity contribution is 0.0592. The highest BCUT2D eigenvalue weighted by Gasteiger charge is 2.39. The minimum Gasteiger partial charge on any atom is -0.464 e. The number of methoxy groups -OCH3 is 1. The molecule has 1 N–H and O–H groups in total. The maximum absolute atomic E-state index is 11.2. The van der Waals surface area contributed by atoms with Gasteiger partial charge in [0.05, 0.1) is 7.11 Å². The molecule has 0 bridgehead atoms. The van der Waals surface area contributed by atoms with Gasteiger partial charge in [0.15, 0.2) is 5.69 Å². The molecule has 2 rings (SSSR count). The molecule has 1 saturated carbocycles. The topological polar surface area (TPSA) is 67.9 Å². The van der Waals surface area contributed by atoms with E-state index in [1.54, 1.807) is 0 Å². The van der Waals surface area contributed by atoms with Crippen molar-refractivity contribution in [3.8, 4) is 0 Å². The fourth-order valence-electron chi connectivity index (χ4n) is 1.45. The summed E-state index contributed by atoms with van der Waals surface area (Å²) < 4.78 is 4.59. The molecule has 5 heteroatoms. The van der Waals surface area contributed by atoms with Gasteiger partial charge in [-0.2, -0.15) is 10.3 Å². The Morgan fingerprint density at radius 3 is 2.85 bits per heavy atom. The lowest BCUT2D eigenvalue weighted by Gasteiger charge is -1.95. The SMILES string of the molecule is COC(=O)c1n[nH]nc1C1CC1C. The molecule has 0 amide bonds. The number of carbonyl (C=O) groups excluding carboxylic acids is 1. The highest BCUT2D eigenvalue weighted by molar-refractivity contribution is 5.88. The third kappa shape index (κ3) is 1.30. The second-order valence-electron chi connectivity index (χ2n) is 3.37. The summed E-state index contributed by atoms with van der Waals surface area (Å²) in [6.45, 7) is 2.13. The van der Waals surface area contributed by atoms with Gasteiger partial charge in [-0.25, -0.2) is 4.79 Å². The number of ether oxygens (including phenoxy) is 1. The van der Waals surface area contributed by atoms with E-state index in [1.165, 1.54) is 7.11 Å². The van der Waals surface area contributed by atoms with Crippen molar-refractivity contribution >= 4 is 5.97 Å². The van der Waals surface area contributed by atoms with Crippen molar-refractivity contribution in [2.45, 2.75) is 19.3 Å². The van der Waals surface area contributed by atoms with Gasteiger partial charge in [-0.15, -0.1) is 5.10 Å². The minimum atomic E-state index is -0.414. The van der Waals surface area contributed by atoms with E-state index in [4.69, 9.17) is 0 Å². The summed E-state index contributed by atoms with van der Waals surface area (Å²) in [6, 6.07) is 0. The van der Waals surface area contributed by atoms with Crippen LogP contribution >= 0.6 is 0 Å². The first-order valence-corrected chi connectivity index (χ1v) is 4.23. The molecule has 1 aromatic heterocycles. The van der Waals surface area contributed by atoms with E-state index in [0.717, 1.165) is 12.1 Å². The van der Waals surface area contributed by atoms with Crippen LogP contribution in [-0.2, 0) is 4.74 Å². The maximum Gasteiger partial charge on any atom is 0.360 e. The van der Waals surface area contributed by atoms with Crippen LogP contribution in [0.2, 0.25) is 0 Å². The highest BCUT2D eigenvalue weighted by Crippen LogP contribution is 2.46. The zero-order chi connectivity index (χ0) is 9.42. The quantitative estimate of drug-likeness (QED) is 0.682. The van der Waals surface area contributed by atoms with Gasteiger partial charge in [-0.3, -0.25) is 0 Å². The smallest absolute Gasteiger partial charge is 0.360 e. The molecular formula is C8H11N3O2. The first-order valence-electron chi connectivity index (χ1n) is 4.23. The Kier molecular flexibility index (Phi) is 1.79. The Balaban J connectivity index is 2.26. The van der Waals surface area contributed by atoms with E-state index in [0.29, 0.717) is 17.5 Å². The Morgan fingerprint density at radius 2 is 2.31 bits per heavy atom. The standard InChI is InChI=1S/C8H11N3O2/c1-4-3-5(4)6-7(8(12)13-2)10-11-9-6/h4-5H,3H2,1-2H3,(H,9,10,11). The van der Waals surface area contributed by atoms with Crippen molar-refractivity contribution in [3.63, 3.8) is 0 Å². The normalized spacial score (nSPS) is 25.7. The average Bonchev–Trinajstić information content (AvgIpc) is 2.69. The van der Waals surface area contributed by atoms with E-state index in [1.807, 2.05) is 0 Å². The number of hydrogen-bond donors (Lipinski definition) is 1. The summed E-state index contributed by atoms with van der Waals surface area (Å²) >= 11 is 0. The average molecular weight is 181 g/mol. The van der Waals surface area contributed by atoms with Crippen molar-refractivity contribution in [2.24, 2.45) is 5.92 Å². The first-order chi connectivity index (χ1) is 6.24. The molecule has 1 fully saturated rings. The number of rotatable bonds is 2. The van der Waals surface area contributed by atoms with Gasteiger partial charge in [0.2, 0.25) is 0 Å². The number of nitrogens with zero attached hydrogens (tertiary/aromatic N) is 2. The summed E-state index contributed by atoms with van der Waals surface area (Å²) in [7, 11) is 1.34. The summed E-state index contributed by atoms with van der Waals surface area (Å²) in [6.07, 6.45) is 1.08. The molecule has 0 radical (unpaired) electrons. The van der Waals surface area contributed by atoms with Crippen LogP contribution in [-0.4, -0.2) is 28.5 Å². The van der Waals surface area contributed by atoms with Crippen LogP contribution in [0.3, 0.4) is 0 Å². The predicted octanol–water partition coefficient (Wildman–Crippen LogP) is 0.715. The summed E-state index contributed by atoms with van der Waals surface area (Å²) in [4.78, 5) is 11.2. The molecule has 0 aliphatic heterocycles. The second kappa shape index (κ2) is 2.83. The van der Waals surface area contributed by atoms with Gasteiger partial charge in [-0.05, 0) is 12.3 Å². The van der Waals surface area contributed by atoms with Crippen LogP contribution in [0.15, 0.2) is 0 Å². The van der Waals surface area contributed by atoms with Gasteiger partial charge in [0.1, 0.15) is 5.69 Å². The molecule has 0 spiro atoms. The lowest BCUT2D eigenvalue weighted by Crippen LogP contribution is -2.05. The first kappa shape index (κ1) is 8.22. The van der Waals surface area contributed by atoms with E-state index in [9.17, 15) is 4.79 Å². The number of H-pyrrole nitrogens is 1. The molecule has 1 aromatic rings. The maximum atomic E-state index is 11.2. The van der Waals surface area contributed by atoms with Gasteiger partial charge < -0.3 is 4.74 Å². The molecule has 1 aliphatic rings. The zero-order valence-corrected chi connectivity index (χ0v) is 7.57. The third-order valence-corrected chi connectivity index (χ3v) is 2.41. The number of carbonyl (C=O) groups is 1. The molecule has 13 heavy (non-hydrogen) atoms. The molecule has 1 heterocycles.